The molecule has 0 spiro atoms. The maximum Gasteiger partial charge on any atom is 0.226 e. The number of benzene rings is 1. The second-order valence-corrected chi connectivity index (χ2v) is 3.82. The SMILES string of the molecule is CCCC(N)CC(=O)Nc1ccccc1O. The molecule has 0 aliphatic heterocycles. The van der Waals surface area contributed by atoms with Gasteiger partial charge in [-0.2, -0.15) is 0 Å². The van der Waals surface area contributed by atoms with Gasteiger partial charge in [-0.1, -0.05) is 25.5 Å². The van der Waals surface area contributed by atoms with E-state index in [2.05, 4.69) is 5.32 Å². The number of nitrogens with two attached hydrogens (primary N) is 1. The minimum Gasteiger partial charge on any atom is -0.506 e. The molecular weight excluding hydrogens is 204 g/mol. The van der Waals surface area contributed by atoms with Crippen LogP contribution in [0, 0.1) is 0 Å². The number of rotatable bonds is 5. The van der Waals surface area contributed by atoms with E-state index in [0.29, 0.717) is 5.69 Å². The molecule has 1 rings (SSSR count). The maximum absolute atomic E-state index is 11.5. The first-order chi connectivity index (χ1) is 7.63. The summed E-state index contributed by atoms with van der Waals surface area (Å²) in [5.74, 6) is -0.0950. The van der Waals surface area contributed by atoms with Crippen molar-refractivity contribution in [1.29, 1.82) is 0 Å². The fourth-order valence-corrected chi connectivity index (χ4v) is 1.49. The Labute approximate surface area is 95.5 Å². The number of carbonyl (C=O) groups is 1. The van der Waals surface area contributed by atoms with Crippen molar-refractivity contribution in [3.63, 3.8) is 0 Å². The largest absolute Gasteiger partial charge is 0.506 e. The Morgan fingerprint density at radius 3 is 2.81 bits per heavy atom. The van der Waals surface area contributed by atoms with Crippen molar-refractivity contribution in [2.75, 3.05) is 5.32 Å². The van der Waals surface area contributed by atoms with Crippen molar-refractivity contribution in [2.45, 2.75) is 32.2 Å². The molecule has 1 aromatic rings. The van der Waals surface area contributed by atoms with Crippen molar-refractivity contribution < 1.29 is 9.90 Å². The lowest BCUT2D eigenvalue weighted by molar-refractivity contribution is -0.116. The molecule has 0 saturated carbocycles. The van der Waals surface area contributed by atoms with E-state index in [1.54, 1.807) is 18.2 Å². The van der Waals surface area contributed by atoms with Gasteiger partial charge in [0.2, 0.25) is 5.91 Å². The monoisotopic (exact) mass is 222 g/mol. The van der Waals surface area contributed by atoms with Gasteiger partial charge in [-0.3, -0.25) is 4.79 Å². The first kappa shape index (κ1) is 12.5. The molecule has 1 amide bonds. The van der Waals surface area contributed by atoms with Crippen LogP contribution in [0.25, 0.3) is 0 Å². The molecule has 88 valence electrons. The second kappa shape index (κ2) is 6.12. The van der Waals surface area contributed by atoms with Crippen molar-refractivity contribution in [2.24, 2.45) is 5.73 Å². The van der Waals surface area contributed by atoms with E-state index in [0.717, 1.165) is 12.8 Å². The summed E-state index contributed by atoms with van der Waals surface area (Å²) in [6.45, 7) is 2.03. The normalized spacial score (nSPS) is 12.1. The minimum atomic E-state index is -0.164. The summed E-state index contributed by atoms with van der Waals surface area (Å²) in [7, 11) is 0. The number of para-hydroxylation sites is 2. The van der Waals surface area contributed by atoms with Crippen LogP contribution >= 0.6 is 0 Å². The summed E-state index contributed by atoms with van der Waals surface area (Å²) in [5.41, 5.74) is 6.18. The molecule has 4 nitrogen and oxygen atoms in total. The molecule has 4 heteroatoms. The van der Waals surface area contributed by atoms with Gasteiger partial charge in [-0.25, -0.2) is 0 Å². The van der Waals surface area contributed by atoms with Crippen LogP contribution in [0.15, 0.2) is 24.3 Å². The van der Waals surface area contributed by atoms with E-state index < -0.39 is 0 Å². The molecule has 0 aromatic heterocycles. The van der Waals surface area contributed by atoms with E-state index in [-0.39, 0.29) is 24.1 Å². The molecule has 0 aliphatic rings. The molecule has 0 saturated heterocycles. The van der Waals surface area contributed by atoms with Gasteiger partial charge in [-0.05, 0) is 18.6 Å². The van der Waals surface area contributed by atoms with Crippen molar-refractivity contribution in [3.8, 4) is 5.75 Å². The summed E-state index contributed by atoms with van der Waals surface area (Å²) in [6, 6.07) is 6.52. The number of carbonyl (C=O) groups excluding carboxylic acids is 1. The van der Waals surface area contributed by atoms with E-state index in [1.807, 2.05) is 6.92 Å². The lowest BCUT2D eigenvalue weighted by Crippen LogP contribution is -2.26. The van der Waals surface area contributed by atoms with Gasteiger partial charge in [-0.15, -0.1) is 0 Å². The van der Waals surface area contributed by atoms with E-state index >= 15 is 0 Å². The van der Waals surface area contributed by atoms with Crippen LogP contribution in [0.2, 0.25) is 0 Å². The standard InChI is InChI=1S/C12H18N2O2/c1-2-5-9(13)8-12(16)14-10-6-3-4-7-11(10)15/h3-4,6-7,9,15H,2,5,8,13H2,1H3,(H,14,16). The second-order valence-electron chi connectivity index (χ2n) is 3.82. The Bertz CT molecular complexity index is 353. The summed E-state index contributed by atoms with van der Waals surface area (Å²) >= 11 is 0. The zero-order chi connectivity index (χ0) is 12.0. The van der Waals surface area contributed by atoms with Crippen molar-refractivity contribution in [3.05, 3.63) is 24.3 Å². The van der Waals surface area contributed by atoms with Gasteiger partial charge in [0.25, 0.3) is 0 Å². The molecule has 0 heterocycles. The minimum absolute atomic E-state index is 0.0694. The van der Waals surface area contributed by atoms with E-state index in [4.69, 9.17) is 5.73 Å². The van der Waals surface area contributed by atoms with Crippen LogP contribution in [0.1, 0.15) is 26.2 Å². The third-order valence-corrected chi connectivity index (χ3v) is 2.29. The fraction of sp³-hybridized carbons (Fsp3) is 0.417. The Hall–Kier alpha value is -1.55. The molecule has 0 fully saturated rings. The number of phenolic OH excluding ortho intramolecular Hbond substituents is 1. The number of anilines is 1. The smallest absolute Gasteiger partial charge is 0.226 e. The zero-order valence-electron chi connectivity index (χ0n) is 9.44. The number of amides is 1. The van der Waals surface area contributed by atoms with Gasteiger partial charge in [0.1, 0.15) is 5.75 Å². The van der Waals surface area contributed by atoms with Crippen LogP contribution < -0.4 is 11.1 Å². The number of hydrogen-bond donors (Lipinski definition) is 3. The van der Waals surface area contributed by atoms with Gasteiger partial charge < -0.3 is 16.2 Å². The van der Waals surface area contributed by atoms with Crippen LogP contribution in [-0.2, 0) is 4.79 Å². The highest BCUT2D eigenvalue weighted by Gasteiger charge is 2.10. The molecule has 1 aromatic carbocycles. The average Bonchev–Trinajstić information content (AvgIpc) is 2.21. The van der Waals surface area contributed by atoms with Crippen molar-refractivity contribution >= 4 is 11.6 Å². The van der Waals surface area contributed by atoms with Crippen LogP contribution in [0.5, 0.6) is 5.75 Å². The number of hydrogen-bond acceptors (Lipinski definition) is 3. The molecule has 16 heavy (non-hydrogen) atoms. The summed E-state index contributed by atoms with van der Waals surface area (Å²) < 4.78 is 0. The highest BCUT2D eigenvalue weighted by molar-refractivity contribution is 5.92. The number of aromatic hydroxyl groups is 1. The molecule has 1 atom stereocenters. The Kier molecular flexibility index (Phi) is 4.79. The molecular formula is C12H18N2O2. The Morgan fingerprint density at radius 2 is 2.19 bits per heavy atom. The van der Waals surface area contributed by atoms with Gasteiger partial charge >= 0.3 is 0 Å². The summed E-state index contributed by atoms with van der Waals surface area (Å²) in [5, 5.41) is 12.1. The highest BCUT2D eigenvalue weighted by atomic mass is 16.3. The van der Waals surface area contributed by atoms with Crippen LogP contribution in [0.4, 0.5) is 5.69 Å². The lowest BCUT2D eigenvalue weighted by atomic mass is 10.1. The van der Waals surface area contributed by atoms with E-state index in [9.17, 15) is 9.90 Å². The predicted molar refractivity (Wildman–Crippen MR) is 64.2 cm³/mol. The first-order valence-corrected chi connectivity index (χ1v) is 5.47. The molecule has 4 N–H and O–H groups in total. The Morgan fingerprint density at radius 1 is 1.50 bits per heavy atom. The van der Waals surface area contributed by atoms with Crippen molar-refractivity contribution in [1.82, 2.24) is 0 Å². The Balaban J connectivity index is 2.49. The predicted octanol–water partition coefficient (Wildman–Crippen LogP) is 1.85. The topological polar surface area (TPSA) is 75.4 Å². The fourth-order valence-electron chi connectivity index (χ4n) is 1.49. The first-order valence-electron chi connectivity index (χ1n) is 5.47. The molecule has 0 aliphatic carbocycles. The summed E-state index contributed by atoms with van der Waals surface area (Å²) in [4.78, 5) is 11.5. The lowest BCUT2D eigenvalue weighted by Gasteiger charge is -2.11. The number of nitrogens with one attached hydrogen (secondary N) is 1. The average molecular weight is 222 g/mol. The quantitative estimate of drug-likeness (QED) is 0.665. The van der Waals surface area contributed by atoms with Gasteiger partial charge in [0.15, 0.2) is 0 Å². The maximum atomic E-state index is 11.5. The third-order valence-electron chi connectivity index (χ3n) is 2.29. The molecule has 1 unspecified atom stereocenters. The van der Waals surface area contributed by atoms with Crippen LogP contribution in [-0.4, -0.2) is 17.1 Å². The molecule has 0 radical (unpaired) electrons. The van der Waals surface area contributed by atoms with Gasteiger partial charge in [0, 0.05) is 12.5 Å². The van der Waals surface area contributed by atoms with E-state index in [1.165, 1.54) is 6.07 Å². The summed E-state index contributed by atoms with van der Waals surface area (Å²) in [6.07, 6.45) is 2.07. The molecule has 0 bridgehead atoms. The highest BCUT2D eigenvalue weighted by Crippen LogP contribution is 2.21. The van der Waals surface area contributed by atoms with Crippen LogP contribution in [0.3, 0.4) is 0 Å². The van der Waals surface area contributed by atoms with Gasteiger partial charge in [0.05, 0.1) is 5.69 Å². The number of phenols is 1. The zero-order valence-corrected chi connectivity index (χ0v) is 9.44. The third kappa shape index (κ3) is 3.90.